The number of likely N-dealkylation sites (tertiary alicyclic amines) is 1. The van der Waals surface area contributed by atoms with Crippen molar-refractivity contribution in [2.45, 2.75) is 51.0 Å². The van der Waals surface area contributed by atoms with E-state index >= 15 is 0 Å². The van der Waals surface area contributed by atoms with Crippen molar-refractivity contribution in [3.63, 3.8) is 0 Å². The topological polar surface area (TPSA) is 41.8 Å². The lowest BCUT2D eigenvalue weighted by molar-refractivity contribution is -0.886. The van der Waals surface area contributed by atoms with E-state index in [1.807, 2.05) is 45.0 Å². The standard InChI is InChI=1S/C22H28N2O2S/c1-14-6-7-20-18(12-14)19-13-23(5)9-8-21(19)24(20)27(25,26)22-16(3)10-15(2)11-17(22)4/h6-7,10-12,19,21H,8-9,13H2,1-5H3/p+1/t19-,21+/m1/s1. The molecule has 1 unspecified atom stereocenters. The molecule has 1 fully saturated rings. The van der Waals surface area contributed by atoms with Crippen LogP contribution in [0.3, 0.4) is 0 Å². The maximum absolute atomic E-state index is 13.9. The largest absolute Gasteiger partial charge is 0.337 e. The second kappa shape index (κ2) is 6.35. The normalized spacial score (nSPS) is 24.6. The quantitative estimate of drug-likeness (QED) is 0.863. The minimum absolute atomic E-state index is 0.0237. The van der Waals surface area contributed by atoms with Gasteiger partial charge in [0.2, 0.25) is 0 Å². The highest BCUT2D eigenvalue weighted by Gasteiger charge is 2.48. The Morgan fingerprint density at radius 3 is 2.33 bits per heavy atom. The Bertz CT molecular complexity index is 990. The predicted octanol–water partition coefficient (Wildman–Crippen LogP) is 2.50. The third-order valence-electron chi connectivity index (χ3n) is 6.14. The van der Waals surface area contributed by atoms with Crippen LogP contribution in [0.4, 0.5) is 5.69 Å². The van der Waals surface area contributed by atoms with Crippen LogP contribution < -0.4 is 9.21 Å². The fourth-order valence-electron chi connectivity index (χ4n) is 5.14. The number of nitrogens with one attached hydrogen (secondary N) is 1. The summed E-state index contributed by atoms with van der Waals surface area (Å²) >= 11 is 0. The Kier molecular flexibility index (Phi) is 4.35. The lowest BCUT2D eigenvalue weighted by Gasteiger charge is -2.35. The number of likely N-dealkylation sites (N-methyl/N-ethyl adjacent to an activating group) is 1. The molecule has 0 amide bonds. The van der Waals surface area contributed by atoms with E-state index in [1.165, 1.54) is 16.0 Å². The molecule has 0 bridgehead atoms. The number of rotatable bonds is 2. The van der Waals surface area contributed by atoms with Crippen LogP contribution in [-0.2, 0) is 10.0 Å². The van der Waals surface area contributed by atoms with E-state index < -0.39 is 10.0 Å². The van der Waals surface area contributed by atoms with Gasteiger partial charge in [0.25, 0.3) is 10.0 Å². The summed E-state index contributed by atoms with van der Waals surface area (Å²) in [5.74, 6) is 0.273. The summed E-state index contributed by atoms with van der Waals surface area (Å²) in [6.45, 7) is 9.91. The van der Waals surface area contributed by atoms with Crippen molar-refractivity contribution in [2.75, 3.05) is 24.4 Å². The molecular formula is C22H29N2O2S+. The lowest BCUT2D eigenvalue weighted by Crippen LogP contribution is -3.11. The van der Waals surface area contributed by atoms with Crippen LogP contribution in [0.5, 0.6) is 0 Å². The lowest BCUT2D eigenvalue weighted by atomic mass is 9.89. The van der Waals surface area contributed by atoms with Crippen molar-refractivity contribution >= 4 is 15.7 Å². The number of anilines is 1. The smallest absolute Gasteiger partial charge is 0.265 e. The highest BCUT2D eigenvalue weighted by molar-refractivity contribution is 7.93. The zero-order valence-corrected chi connectivity index (χ0v) is 17.7. The number of quaternary nitrogens is 1. The minimum Gasteiger partial charge on any atom is -0.337 e. The van der Waals surface area contributed by atoms with Gasteiger partial charge in [0.15, 0.2) is 0 Å². The molecule has 2 aromatic rings. The average molecular weight is 386 g/mol. The second-order valence-electron chi connectivity index (χ2n) is 8.46. The van der Waals surface area contributed by atoms with E-state index in [0.29, 0.717) is 4.90 Å². The van der Waals surface area contributed by atoms with Crippen molar-refractivity contribution < 1.29 is 13.3 Å². The average Bonchev–Trinajstić information content (AvgIpc) is 2.87. The molecule has 27 heavy (non-hydrogen) atoms. The van der Waals surface area contributed by atoms with Crippen LogP contribution >= 0.6 is 0 Å². The molecule has 3 atom stereocenters. The number of hydrogen-bond acceptors (Lipinski definition) is 2. The molecule has 0 radical (unpaired) electrons. The van der Waals surface area contributed by atoms with Crippen molar-refractivity contribution in [1.29, 1.82) is 0 Å². The number of hydrogen-bond donors (Lipinski definition) is 1. The minimum atomic E-state index is -3.61. The summed E-state index contributed by atoms with van der Waals surface area (Å²) in [5.41, 5.74) is 6.04. The van der Waals surface area contributed by atoms with Gasteiger partial charge in [0, 0.05) is 6.42 Å². The van der Waals surface area contributed by atoms with Gasteiger partial charge >= 0.3 is 0 Å². The van der Waals surface area contributed by atoms with Gasteiger partial charge in [-0.3, -0.25) is 4.31 Å². The Labute approximate surface area is 162 Å². The molecule has 144 valence electrons. The van der Waals surface area contributed by atoms with E-state index in [-0.39, 0.29) is 12.0 Å². The van der Waals surface area contributed by atoms with Crippen molar-refractivity contribution in [1.82, 2.24) is 0 Å². The number of fused-ring (bicyclic) bond motifs is 3. The van der Waals surface area contributed by atoms with Gasteiger partial charge < -0.3 is 4.90 Å². The SMILES string of the molecule is Cc1cc(C)c(S(=O)(=O)N2c3ccc(C)cc3[C@H]3C[NH+](C)CC[C@@H]32)c(C)c1. The molecule has 2 heterocycles. The molecule has 1 N–H and O–H groups in total. The summed E-state index contributed by atoms with van der Waals surface area (Å²) < 4.78 is 29.5. The van der Waals surface area contributed by atoms with E-state index in [9.17, 15) is 8.42 Å². The summed E-state index contributed by atoms with van der Waals surface area (Å²) in [6, 6.07) is 10.2. The van der Waals surface area contributed by atoms with E-state index in [0.717, 1.165) is 41.9 Å². The van der Waals surface area contributed by atoms with Gasteiger partial charge in [-0.1, -0.05) is 35.4 Å². The van der Waals surface area contributed by atoms with E-state index in [2.05, 4.69) is 20.0 Å². The predicted molar refractivity (Wildman–Crippen MR) is 109 cm³/mol. The zero-order chi connectivity index (χ0) is 19.5. The first-order valence-electron chi connectivity index (χ1n) is 9.74. The van der Waals surface area contributed by atoms with Crippen molar-refractivity contribution in [3.8, 4) is 0 Å². The van der Waals surface area contributed by atoms with Crippen LogP contribution in [0, 0.1) is 27.7 Å². The van der Waals surface area contributed by atoms with E-state index in [1.54, 1.807) is 4.31 Å². The Hall–Kier alpha value is -1.85. The highest BCUT2D eigenvalue weighted by atomic mass is 32.2. The van der Waals surface area contributed by atoms with Crippen LogP contribution in [-0.4, -0.2) is 34.6 Å². The van der Waals surface area contributed by atoms with Gasteiger partial charge in [0.1, 0.15) is 0 Å². The summed E-state index contributed by atoms with van der Waals surface area (Å²) in [6.07, 6.45) is 0.896. The Morgan fingerprint density at radius 2 is 1.67 bits per heavy atom. The number of piperidine rings is 1. The molecule has 2 aliphatic heterocycles. The van der Waals surface area contributed by atoms with Gasteiger partial charge in [-0.2, -0.15) is 0 Å². The highest BCUT2D eigenvalue weighted by Crippen LogP contribution is 2.46. The molecule has 0 aliphatic carbocycles. The number of aryl methyl sites for hydroxylation is 4. The summed E-state index contributed by atoms with van der Waals surface area (Å²) in [4.78, 5) is 1.96. The Balaban J connectivity index is 1.91. The molecule has 5 heteroatoms. The maximum Gasteiger partial charge on any atom is 0.265 e. The number of sulfonamides is 1. The fourth-order valence-corrected chi connectivity index (χ4v) is 7.30. The van der Waals surface area contributed by atoms with Crippen molar-refractivity contribution in [2.24, 2.45) is 0 Å². The molecular weight excluding hydrogens is 356 g/mol. The van der Waals surface area contributed by atoms with Crippen LogP contribution in [0.25, 0.3) is 0 Å². The molecule has 2 aliphatic rings. The van der Waals surface area contributed by atoms with Crippen molar-refractivity contribution in [3.05, 3.63) is 58.1 Å². The van der Waals surface area contributed by atoms with Crippen LogP contribution in [0.2, 0.25) is 0 Å². The van der Waals surface area contributed by atoms with Crippen LogP contribution in [0.1, 0.15) is 40.2 Å². The van der Waals surface area contributed by atoms with Gasteiger partial charge in [-0.15, -0.1) is 0 Å². The zero-order valence-electron chi connectivity index (χ0n) is 16.8. The number of benzene rings is 2. The molecule has 0 spiro atoms. The first kappa shape index (κ1) is 18.5. The summed E-state index contributed by atoms with van der Waals surface area (Å²) in [7, 11) is -1.40. The molecule has 0 saturated carbocycles. The first-order chi connectivity index (χ1) is 12.7. The van der Waals surface area contributed by atoms with E-state index in [4.69, 9.17) is 0 Å². The monoisotopic (exact) mass is 385 g/mol. The summed E-state index contributed by atoms with van der Waals surface area (Å²) in [5, 5.41) is 0. The van der Waals surface area contributed by atoms with Gasteiger partial charge in [-0.05, 0) is 50.5 Å². The third kappa shape index (κ3) is 2.88. The number of nitrogens with zero attached hydrogens (tertiary/aromatic N) is 1. The molecule has 4 rings (SSSR count). The molecule has 1 saturated heterocycles. The van der Waals surface area contributed by atoms with Gasteiger partial charge in [0.05, 0.1) is 42.7 Å². The first-order valence-corrected chi connectivity index (χ1v) is 11.2. The third-order valence-corrected chi connectivity index (χ3v) is 8.29. The molecule has 0 aromatic heterocycles. The fraction of sp³-hybridized carbons (Fsp3) is 0.455. The van der Waals surface area contributed by atoms with Crippen LogP contribution in [0.15, 0.2) is 35.2 Å². The second-order valence-corrected chi connectivity index (χ2v) is 10.2. The molecule has 4 nitrogen and oxygen atoms in total. The maximum atomic E-state index is 13.9. The van der Waals surface area contributed by atoms with Gasteiger partial charge in [-0.25, -0.2) is 8.42 Å². The Morgan fingerprint density at radius 1 is 1.00 bits per heavy atom. The molecule has 2 aromatic carbocycles.